The normalized spacial score (nSPS) is 12.3. The van der Waals surface area contributed by atoms with Crippen LogP contribution in [0.2, 0.25) is 0 Å². The Hall–Kier alpha value is -2.30. The molecule has 0 aliphatic carbocycles. The summed E-state index contributed by atoms with van der Waals surface area (Å²) in [6.07, 6.45) is 1.54. The maximum Gasteiger partial charge on any atom is 0.252 e. The Morgan fingerprint density at radius 1 is 1.39 bits per heavy atom. The maximum atomic E-state index is 12.0. The maximum absolute atomic E-state index is 12.0. The van der Waals surface area contributed by atoms with Crippen molar-refractivity contribution in [3.63, 3.8) is 0 Å². The van der Waals surface area contributed by atoms with Crippen molar-refractivity contribution in [2.75, 3.05) is 6.54 Å². The highest BCUT2D eigenvalue weighted by atomic mass is 16.3. The zero-order valence-electron chi connectivity index (χ0n) is 9.97. The summed E-state index contributed by atoms with van der Waals surface area (Å²) in [7, 11) is 0. The predicted octanol–water partition coefficient (Wildman–Crippen LogP) is 1.28. The van der Waals surface area contributed by atoms with E-state index in [4.69, 9.17) is 10.2 Å². The lowest BCUT2D eigenvalue weighted by Gasteiger charge is -2.09. The van der Waals surface area contributed by atoms with E-state index in [-0.39, 0.29) is 12.5 Å². The molecule has 94 valence electrons. The third-order valence-electron chi connectivity index (χ3n) is 2.79. The molecular formula is C13H14N2O3. The van der Waals surface area contributed by atoms with Gasteiger partial charge < -0.3 is 15.5 Å². The first kappa shape index (κ1) is 12.2. The van der Waals surface area contributed by atoms with Gasteiger partial charge in [0.15, 0.2) is 0 Å². The van der Waals surface area contributed by atoms with Gasteiger partial charge >= 0.3 is 0 Å². The number of furan rings is 1. The van der Waals surface area contributed by atoms with Crippen molar-refractivity contribution in [2.24, 2.45) is 11.7 Å². The number of rotatable bonds is 4. The SMILES string of the molecule is CC(CNC(=O)c1cccc2occc12)C(N)=O. The molecule has 1 aromatic heterocycles. The third kappa shape index (κ3) is 2.34. The molecule has 0 fully saturated rings. The van der Waals surface area contributed by atoms with Crippen molar-refractivity contribution in [3.05, 3.63) is 36.1 Å². The van der Waals surface area contributed by atoms with Crippen LogP contribution >= 0.6 is 0 Å². The number of amides is 2. The molecule has 0 saturated heterocycles. The Morgan fingerprint density at radius 2 is 2.17 bits per heavy atom. The summed E-state index contributed by atoms with van der Waals surface area (Å²) in [5.74, 6) is -1.07. The fourth-order valence-corrected chi connectivity index (χ4v) is 1.63. The molecule has 0 aliphatic heterocycles. The van der Waals surface area contributed by atoms with Crippen LogP contribution in [0.5, 0.6) is 0 Å². The summed E-state index contributed by atoms with van der Waals surface area (Å²) in [5.41, 5.74) is 6.31. The molecule has 5 nitrogen and oxygen atoms in total. The Balaban J connectivity index is 2.14. The molecule has 0 saturated carbocycles. The number of hydrogen-bond donors (Lipinski definition) is 2. The highest BCUT2D eigenvalue weighted by Gasteiger charge is 2.14. The first-order chi connectivity index (χ1) is 8.59. The van der Waals surface area contributed by atoms with E-state index in [2.05, 4.69) is 5.32 Å². The van der Waals surface area contributed by atoms with Crippen molar-refractivity contribution in [1.82, 2.24) is 5.32 Å². The van der Waals surface area contributed by atoms with E-state index in [9.17, 15) is 9.59 Å². The molecule has 0 bridgehead atoms. The van der Waals surface area contributed by atoms with Crippen molar-refractivity contribution in [3.8, 4) is 0 Å². The smallest absolute Gasteiger partial charge is 0.252 e. The second-order valence-electron chi connectivity index (χ2n) is 4.15. The van der Waals surface area contributed by atoms with Crippen LogP contribution in [0.15, 0.2) is 34.9 Å². The minimum atomic E-state index is -0.434. The lowest BCUT2D eigenvalue weighted by atomic mass is 10.1. The van der Waals surface area contributed by atoms with Gasteiger partial charge in [0.25, 0.3) is 5.91 Å². The summed E-state index contributed by atoms with van der Waals surface area (Å²) in [4.78, 5) is 22.9. The molecule has 1 unspecified atom stereocenters. The van der Waals surface area contributed by atoms with Crippen molar-refractivity contribution in [2.45, 2.75) is 6.92 Å². The standard InChI is InChI=1S/C13H14N2O3/c1-8(12(14)16)7-15-13(17)10-3-2-4-11-9(10)5-6-18-11/h2-6,8H,7H2,1H3,(H2,14,16)(H,15,17). The van der Waals surface area contributed by atoms with E-state index in [0.29, 0.717) is 11.1 Å². The predicted molar refractivity (Wildman–Crippen MR) is 66.9 cm³/mol. The monoisotopic (exact) mass is 246 g/mol. The molecule has 2 rings (SSSR count). The minimum Gasteiger partial charge on any atom is -0.464 e. The van der Waals surface area contributed by atoms with Crippen LogP contribution in [0, 0.1) is 5.92 Å². The van der Waals surface area contributed by atoms with E-state index in [0.717, 1.165) is 5.39 Å². The molecular weight excluding hydrogens is 232 g/mol. The van der Waals surface area contributed by atoms with Gasteiger partial charge in [-0.05, 0) is 18.2 Å². The van der Waals surface area contributed by atoms with Crippen molar-refractivity contribution < 1.29 is 14.0 Å². The van der Waals surface area contributed by atoms with Gasteiger partial charge in [-0.3, -0.25) is 9.59 Å². The van der Waals surface area contributed by atoms with Crippen molar-refractivity contribution >= 4 is 22.8 Å². The Morgan fingerprint density at radius 3 is 2.89 bits per heavy atom. The molecule has 0 radical (unpaired) electrons. The molecule has 1 heterocycles. The summed E-state index contributed by atoms with van der Waals surface area (Å²) >= 11 is 0. The van der Waals surface area contributed by atoms with Crippen molar-refractivity contribution in [1.29, 1.82) is 0 Å². The summed E-state index contributed by atoms with van der Waals surface area (Å²) in [6.45, 7) is 1.89. The fraction of sp³-hybridized carbons (Fsp3) is 0.231. The Labute approximate surface area is 104 Å². The average Bonchev–Trinajstić information content (AvgIpc) is 2.83. The molecule has 5 heteroatoms. The summed E-state index contributed by atoms with van der Waals surface area (Å²) in [6, 6.07) is 6.99. The second kappa shape index (κ2) is 4.91. The number of carbonyl (C=O) groups excluding carboxylic acids is 2. The number of primary amides is 1. The van der Waals surface area contributed by atoms with Crippen LogP contribution < -0.4 is 11.1 Å². The number of fused-ring (bicyclic) bond motifs is 1. The van der Waals surface area contributed by atoms with E-state index in [1.165, 1.54) is 6.26 Å². The third-order valence-corrected chi connectivity index (χ3v) is 2.79. The fourth-order valence-electron chi connectivity index (χ4n) is 1.63. The first-order valence-corrected chi connectivity index (χ1v) is 5.63. The van der Waals surface area contributed by atoms with E-state index in [1.54, 1.807) is 31.2 Å². The molecule has 3 N–H and O–H groups in total. The lowest BCUT2D eigenvalue weighted by Crippen LogP contribution is -2.34. The van der Waals surface area contributed by atoms with Gasteiger partial charge in [0.05, 0.1) is 17.7 Å². The van der Waals surface area contributed by atoms with Gasteiger partial charge in [-0.15, -0.1) is 0 Å². The first-order valence-electron chi connectivity index (χ1n) is 5.63. The van der Waals surface area contributed by atoms with Crippen LogP contribution in [-0.2, 0) is 4.79 Å². The molecule has 2 aromatic rings. The highest BCUT2D eigenvalue weighted by molar-refractivity contribution is 6.05. The summed E-state index contributed by atoms with van der Waals surface area (Å²) in [5, 5.41) is 3.43. The van der Waals surface area contributed by atoms with Gasteiger partial charge in [0.2, 0.25) is 5.91 Å². The number of nitrogens with one attached hydrogen (secondary N) is 1. The molecule has 0 aliphatic rings. The van der Waals surface area contributed by atoms with Gasteiger partial charge in [-0.2, -0.15) is 0 Å². The van der Waals surface area contributed by atoms with E-state index in [1.807, 2.05) is 0 Å². The second-order valence-corrected chi connectivity index (χ2v) is 4.15. The lowest BCUT2D eigenvalue weighted by molar-refractivity contribution is -0.121. The van der Waals surface area contributed by atoms with Gasteiger partial charge in [-0.25, -0.2) is 0 Å². The zero-order chi connectivity index (χ0) is 13.1. The summed E-state index contributed by atoms with van der Waals surface area (Å²) < 4.78 is 5.22. The highest BCUT2D eigenvalue weighted by Crippen LogP contribution is 2.19. The number of hydrogen-bond acceptors (Lipinski definition) is 3. The molecule has 0 spiro atoms. The van der Waals surface area contributed by atoms with E-state index < -0.39 is 11.8 Å². The topological polar surface area (TPSA) is 85.3 Å². The quantitative estimate of drug-likeness (QED) is 0.852. The van der Waals surface area contributed by atoms with Crippen LogP contribution in [-0.4, -0.2) is 18.4 Å². The van der Waals surface area contributed by atoms with Crippen LogP contribution in [0.1, 0.15) is 17.3 Å². The zero-order valence-corrected chi connectivity index (χ0v) is 9.97. The van der Waals surface area contributed by atoms with Crippen LogP contribution in [0.3, 0.4) is 0 Å². The largest absolute Gasteiger partial charge is 0.464 e. The Kier molecular flexibility index (Phi) is 3.32. The molecule has 18 heavy (non-hydrogen) atoms. The van der Waals surface area contributed by atoms with E-state index >= 15 is 0 Å². The Bertz CT molecular complexity index is 589. The number of nitrogens with two attached hydrogens (primary N) is 1. The van der Waals surface area contributed by atoms with Crippen LogP contribution in [0.25, 0.3) is 11.0 Å². The number of carbonyl (C=O) groups is 2. The van der Waals surface area contributed by atoms with Gasteiger partial charge in [-0.1, -0.05) is 13.0 Å². The molecule has 2 amide bonds. The minimum absolute atomic E-state index is 0.225. The molecule has 1 aromatic carbocycles. The van der Waals surface area contributed by atoms with Gasteiger partial charge in [0.1, 0.15) is 5.58 Å². The average molecular weight is 246 g/mol. The van der Waals surface area contributed by atoms with Gasteiger partial charge in [0, 0.05) is 11.9 Å². The number of benzene rings is 1. The molecule has 1 atom stereocenters. The van der Waals surface area contributed by atoms with Crippen LogP contribution in [0.4, 0.5) is 0 Å².